The molecular formula is C25H26N2O5. The second-order valence-electron chi connectivity index (χ2n) is 8.96. The summed E-state index contributed by atoms with van der Waals surface area (Å²) in [6, 6.07) is 18.1. The van der Waals surface area contributed by atoms with Crippen LogP contribution in [-0.4, -0.2) is 47.1 Å². The molecule has 1 spiro atoms. The van der Waals surface area contributed by atoms with E-state index in [0.717, 1.165) is 24.8 Å². The Hall–Kier alpha value is -3.19. The van der Waals surface area contributed by atoms with Gasteiger partial charge in [-0.15, -0.1) is 5.06 Å². The van der Waals surface area contributed by atoms with Gasteiger partial charge in [0.2, 0.25) is 5.91 Å². The van der Waals surface area contributed by atoms with Crippen molar-refractivity contribution < 1.29 is 24.0 Å². The minimum absolute atomic E-state index is 0.114. The molecule has 1 aliphatic carbocycles. The molecule has 1 saturated carbocycles. The molecule has 7 nitrogen and oxygen atoms in total. The molecule has 5 rings (SSSR count). The number of hydrogen-bond acceptors (Lipinski definition) is 6. The molecule has 32 heavy (non-hydrogen) atoms. The van der Waals surface area contributed by atoms with Crippen LogP contribution in [0.4, 0.5) is 4.79 Å². The van der Waals surface area contributed by atoms with Gasteiger partial charge in [-0.2, -0.15) is 0 Å². The second kappa shape index (κ2) is 8.06. The summed E-state index contributed by atoms with van der Waals surface area (Å²) >= 11 is 0. The van der Waals surface area contributed by atoms with Crippen molar-refractivity contribution >= 4 is 18.0 Å². The lowest BCUT2D eigenvalue weighted by Gasteiger charge is -2.31. The van der Waals surface area contributed by atoms with E-state index in [9.17, 15) is 14.4 Å². The molecule has 0 N–H and O–H groups in total. The largest absolute Gasteiger partial charge is 0.439 e. The van der Waals surface area contributed by atoms with Gasteiger partial charge in [-0.05, 0) is 49.3 Å². The van der Waals surface area contributed by atoms with E-state index >= 15 is 0 Å². The van der Waals surface area contributed by atoms with Crippen LogP contribution in [0.15, 0.2) is 60.7 Å². The quantitative estimate of drug-likeness (QED) is 0.725. The van der Waals surface area contributed by atoms with Crippen molar-refractivity contribution in [2.45, 2.75) is 38.3 Å². The molecule has 3 atom stereocenters. The highest BCUT2D eigenvalue weighted by molar-refractivity contribution is 5.97. The lowest BCUT2D eigenvalue weighted by molar-refractivity contribution is -0.138. The Bertz CT molecular complexity index is 1020. The number of piperidine rings is 1. The summed E-state index contributed by atoms with van der Waals surface area (Å²) in [7, 11) is 0. The first-order valence-electron chi connectivity index (χ1n) is 11.1. The number of hydrogen-bond donors (Lipinski definition) is 0. The average Bonchev–Trinajstić information content (AvgIpc) is 3.44. The van der Waals surface area contributed by atoms with Crippen LogP contribution in [-0.2, 0) is 14.4 Å². The number of hydroxylamine groups is 2. The Morgan fingerprint density at radius 1 is 1.00 bits per heavy atom. The van der Waals surface area contributed by atoms with E-state index in [1.807, 2.05) is 43.3 Å². The average molecular weight is 434 g/mol. The number of nitrogens with zero attached hydrogens (tertiary/aromatic N) is 2. The second-order valence-corrected chi connectivity index (χ2v) is 8.96. The zero-order valence-electron chi connectivity index (χ0n) is 18.0. The number of imide groups is 1. The van der Waals surface area contributed by atoms with Gasteiger partial charge in [-0.25, -0.2) is 14.5 Å². The highest BCUT2D eigenvalue weighted by Gasteiger charge is 2.62. The normalized spacial score (nSPS) is 26.6. The van der Waals surface area contributed by atoms with Crippen molar-refractivity contribution in [3.63, 3.8) is 0 Å². The van der Waals surface area contributed by atoms with E-state index in [0.29, 0.717) is 18.7 Å². The third-order valence-corrected chi connectivity index (χ3v) is 7.06. The maximum Gasteiger partial charge on any atom is 0.417 e. The highest BCUT2D eigenvalue weighted by atomic mass is 16.7. The molecule has 0 radical (unpaired) electrons. The van der Waals surface area contributed by atoms with Crippen molar-refractivity contribution in [2.24, 2.45) is 11.3 Å². The Labute approximate surface area is 186 Å². The fourth-order valence-electron chi connectivity index (χ4n) is 5.03. The summed E-state index contributed by atoms with van der Waals surface area (Å²) in [5.41, 5.74) is 1.29. The Morgan fingerprint density at radius 3 is 2.28 bits per heavy atom. The van der Waals surface area contributed by atoms with Gasteiger partial charge in [0.1, 0.15) is 6.10 Å². The fraction of sp³-hybridized carbons (Fsp3) is 0.400. The van der Waals surface area contributed by atoms with Gasteiger partial charge in [0.15, 0.2) is 0 Å². The van der Waals surface area contributed by atoms with Gasteiger partial charge < -0.3 is 9.57 Å². The molecule has 0 aromatic heterocycles. The van der Waals surface area contributed by atoms with Gasteiger partial charge in [-0.1, -0.05) is 48.5 Å². The minimum atomic E-state index is -0.562. The van der Waals surface area contributed by atoms with Crippen molar-refractivity contribution in [3.05, 3.63) is 71.8 Å². The van der Waals surface area contributed by atoms with E-state index in [1.54, 1.807) is 29.3 Å². The van der Waals surface area contributed by atoms with E-state index < -0.39 is 12.2 Å². The van der Waals surface area contributed by atoms with E-state index in [-0.39, 0.29) is 29.3 Å². The number of carbonyl (C=O) groups is 3. The van der Waals surface area contributed by atoms with Crippen LogP contribution >= 0.6 is 0 Å². The number of amides is 2. The number of ether oxygens (including phenoxy) is 1. The number of cyclic esters (lactones) is 1. The van der Waals surface area contributed by atoms with Crippen LogP contribution in [0.5, 0.6) is 0 Å². The monoisotopic (exact) mass is 434 g/mol. The minimum Gasteiger partial charge on any atom is -0.439 e. The smallest absolute Gasteiger partial charge is 0.417 e. The van der Waals surface area contributed by atoms with Gasteiger partial charge in [-0.3, -0.25) is 4.79 Å². The maximum atomic E-state index is 13.2. The highest BCUT2D eigenvalue weighted by Crippen LogP contribution is 2.60. The summed E-state index contributed by atoms with van der Waals surface area (Å²) in [5, 5.41) is 1.68. The molecular weight excluding hydrogens is 408 g/mol. The predicted octanol–water partition coefficient (Wildman–Crippen LogP) is 3.97. The summed E-state index contributed by atoms with van der Waals surface area (Å²) < 4.78 is 5.55. The lowest BCUT2D eigenvalue weighted by atomic mass is 9.91. The summed E-state index contributed by atoms with van der Waals surface area (Å²) in [6.07, 6.45) is 1.27. The predicted molar refractivity (Wildman–Crippen MR) is 115 cm³/mol. The maximum absolute atomic E-state index is 13.2. The number of benzene rings is 2. The molecule has 2 heterocycles. The van der Waals surface area contributed by atoms with Gasteiger partial charge in [0.05, 0.1) is 11.6 Å². The van der Waals surface area contributed by atoms with Crippen LogP contribution in [0, 0.1) is 11.3 Å². The standard InChI is InChI=1S/C25H26N2O5/c1-17-21(18-8-4-2-5-9-18)31-24(30)27(17)22(28)20-16-25(20)12-14-26(15-13-25)32-23(29)19-10-6-3-7-11-19/h2-11,17,20-21H,12-16H2,1H3/t17-,20+,21-/m1/s1. The molecule has 7 heteroatoms. The zero-order valence-corrected chi connectivity index (χ0v) is 18.0. The van der Waals surface area contributed by atoms with Gasteiger partial charge in [0.25, 0.3) is 0 Å². The summed E-state index contributed by atoms with van der Waals surface area (Å²) in [4.78, 5) is 44.9. The molecule has 2 amide bonds. The van der Waals surface area contributed by atoms with Crippen molar-refractivity contribution in [1.82, 2.24) is 9.96 Å². The Balaban J connectivity index is 1.18. The molecule has 0 bridgehead atoms. The first-order chi connectivity index (χ1) is 15.5. The molecule has 166 valence electrons. The lowest BCUT2D eigenvalue weighted by Crippen LogP contribution is -2.42. The van der Waals surface area contributed by atoms with Crippen LogP contribution in [0.3, 0.4) is 0 Å². The molecule has 2 aliphatic heterocycles. The molecule has 2 saturated heterocycles. The van der Waals surface area contributed by atoms with E-state index in [2.05, 4.69) is 0 Å². The number of rotatable bonds is 4. The first kappa shape index (κ1) is 20.7. The van der Waals surface area contributed by atoms with Crippen molar-refractivity contribution in [1.29, 1.82) is 0 Å². The van der Waals surface area contributed by atoms with Gasteiger partial charge >= 0.3 is 12.1 Å². The molecule has 3 fully saturated rings. The van der Waals surface area contributed by atoms with Crippen LogP contribution in [0.2, 0.25) is 0 Å². The van der Waals surface area contributed by atoms with Crippen molar-refractivity contribution in [2.75, 3.05) is 13.1 Å². The SMILES string of the molecule is C[C@@H]1[C@H](c2ccccc2)OC(=O)N1C(=O)[C@@H]1CC12CCN(OC(=O)c1ccccc1)CC2. The summed E-state index contributed by atoms with van der Waals surface area (Å²) in [5.74, 6) is -0.694. The summed E-state index contributed by atoms with van der Waals surface area (Å²) in [6.45, 7) is 3.02. The fourth-order valence-corrected chi connectivity index (χ4v) is 5.03. The molecule has 2 aromatic carbocycles. The topological polar surface area (TPSA) is 76.2 Å². The van der Waals surface area contributed by atoms with E-state index in [1.165, 1.54) is 4.90 Å². The van der Waals surface area contributed by atoms with Crippen LogP contribution in [0.1, 0.15) is 48.2 Å². The third kappa shape index (κ3) is 3.66. The first-order valence-corrected chi connectivity index (χ1v) is 11.1. The van der Waals surface area contributed by atoms with Crippen LogP contribution < -0.4 is 0 Å². The molecule has 2 aromatic rings. The Kier molecular flexibility index (Phi) is 5.21. The zero-order chi connectivity index (χ0) is 22.3. The van der Waals surface area contributed by atoms with Crippen LogP contribution in [0.25, 0.3) is 0 Å². The third-order valence-electron chi connectivity index (χ3n) is 7.06. The number of carbonyl (C=O) groups excluding carboxylic acids is 3. The molecule has 3 aliphatic rings. The van der Waals surface area contributed by atoms with Gasteiger partial charge in [0, 0.05) is 19.0 Å². The Morgan fingerprint density at radius 2 is 1.62 bits per heavy atom. The van der Waals surface area contributed by atoms with Crippen molar-refractivity contribution in [3.8, 4) is 0 Å². The molecule has 0 unspecified atom stereocenters. The van der Waals surface area contributed by atoms with E-state index in [4.69, 9.17) is 9.57 Å².